The van der Waals surface area contributed by atoms with Gasteiger partial charge >= 0.3 is 5.97 Å². The highest BCUT2D eigenvalue weighted by atomic mass is 35.5. The van der Waals surface area contributed by atoms with Crippen LogP contribution in [0, 0.1) is 0 Å². The average molecular weight is 400 g/mol. The Balaban J connectivity index is 1.70. The number of ether oxygens (including phenoxy) is 2. The lowest BCUT2D eigenvalue weighted by Crippen LogP contribution is -2.32. The van der Waals surface area contributed by atoms with E-state index in [0.29, 0.717) is 33.9 Å². The van der Waals surface area contributed by atoms with Gasteiger partial charge in [0.15, 0.2) is 11.8 Å². The van der Waals surface area contributed by atoms with Gasteiger partial charge in [0.2, 0.25) is 0 Å². The van der Waals surface area contributed by atoms with Crippen molar-refractivity contribution in [2.75, 3.05) is 12.4 Å². The Bertz CT molecular complexity index is 1030. The summed E-state index contributed by atoms with van der Waals surface area (Å²) in [6.07, 6.45) is 0.641. The molecular formula is C20H18ClN3O4. The number of aromatic nitrogens is 2. The number of esters is 1. The summed E-state index contributed by atoms with van der Waals surface area (Å²) in [7, 11) is 1.50. The van der Waals surface area contributed by atoms with E-state index in [9.17, 15) is 9.59 Å². The average Bonchev–Trinajstić information content (AvgIpc) is 2.71. The zero-order chi connectivity index (χ0) is 20.1. The minimum Gasteiger partial charge on any atom is -0.495 e. The van der Waals surface area contributed by atoms with Gasteiger partial charge < -0.3 is 14.8 Å². The Labute approximate surface area is 166 Å². The molecule has 8 heteroatoms. The predicted octanol–water partition coefficient (Wildman–Crippen LogP) is 3.87. The lowest BCUT2D eigenvalue weighted by Gasteiger charge is -2.16. The van der Waals surface area contributed by atoms with E-state index in [0.717, 1.165) is 0 Å². The maximum atomic E-state index is 12.5. The molecule has 3 aromatic rings. The molecule has 0 fully saturated rings. The first kappa shape index (κ1) is 19.6. The molecule has 0 bridgehead atoms. The fraction of sp³-hybridized carbons (Fsp3) is 0.200. The van der Waals surface area contributed by atoms with Crippen LogP contribution in [0.3, 0.4) is 0 Å². The highest BCUT2D eigenvalue weighted by molar-refractivity contribution is 6.32. The molecule has 3 rings (SSSR count). The Kier molecular flexibility index (Phi) is 6.06. The number of rotatable bonds is 6. The van der Waals surface area contributed by atoms with Gasteiger partial charge in [-0.2, -0.15) is 0 Å². The first-order valence-electron chi connectivity index (χ1n) is 8.59. The second-order valence-electron chi connectivity index (χ2n) is 5.88. The molecule has 0 saturated carbocycles. The second-order valence-corrected chi connectivity index (χ2v) is 6.29. The number of hydrogen-bond donors (Lipinski definition) is 1. The van der Waals surface area contributed by atoms with Crippen LogP contribution in [0.2, 0.25) is 5.02 Å². The summed E-state index contributed by atoms with van der Waals surface area (Å²) in [5.41, 5.74) is 1.75. The minimum absolute atomic E-state index is 0.0393. The third-order valence-electron chi connectivity index (χ3n) is 3.99. The van der Waals surface area contributed by atoms with Crippen LogP contribution < -0.4 is 10.1 Å². The van der Waals surface area contributed by atoms with Crippen LogP contribution in [-0.4, -0.2) is 35.1 Å². The molecule has 28 heavy (non-hydrogen) atoms. The highest BCUT2D eigenvalue weighted by Gasteiger charge is 2.23. The molecular weight excluding hydrogens is 382 g/mol. The Morgan fingerprint density at radius 3 is 2.61 bits per heavy atom. The summed E-state index contributed by atoms with van der Waals surface area (Å²) in [6.45, 7) is 1.74. The Hall–Kier alpha value is -3.19. The van der Waals surface area contributed by atoms with Crippen molar-refractivity contribution in [3.63, 3.8) is 0 Å². The lowest BCUT2D eigenvalue weighted by atomic mass is 10.2. The number of nitrogens with zero attached hydrogens (tertiary/aromatic N) is 2. The molecule has 7 nitrogen and oxygen atoms in total. The number of anilines is 1. The lowest BCUT2D eigenvalue weighted by molar-refractivity contribution is -0.124. The van der Waals surface area contributed by atoms with Crippen LogP contribution in [-0.2, 0) is 9.53 Å². The van der Waals surface area contributed by atoms with E-state index in [-0.39, 0.29) is 5.69 Å². The summed E-state index contributed by atoms with van der Waals surface area (Å²) in [5.74, 6) is -0.688. The number of benzene rings is 2. The van der Waals surface area contributed by atoms with Crippen LogP contribution in [0.4, 0.5) is 5.69 Å². The zero-order valence-electron chi connectivity index (χ0n) is 15.3. The number of methoxy groups -OCH3 is 1. The summed E-state index contributed by atoms with van der Waals surface area (Å²) >= 11 is 6.06. The second kappa shape index (κ2) is 8.67. The van der Waals surface area contributed by atoms with E-state index < -0.39 is 18.0 Å². The largest absolute Gasteiger partial charge is 0.495 e. The number of fused-ring (bicyclic) bond motifs is 1. The summed E-state index contributed by atoms with van der Waals surface area (Å²) in [4.78, 5) is 33.3. The normalized spacial score (nSPS) is 11.7. The molecule has 0 radical (unpaired) electrons. The third kappa shape index (κ3) is 4.37. The fourth-order valence-electron chi connectivity index (χ4n) is 2.53. The Morgan fingerprint density at radius 2 is 1.93 bits per heavy atom. The standard InChI is InChI=1S/C20H18ClN3O4/c1-3-17(19(25)23-12-8-9-18(27-2)13(21)10-12)28-20(26)16-11-22-14-6-4-5-7-15(14)24-16/h4-11,17H,3H2,1-2H3,(H,23,25). The van der Waals surface area contributed by atoms with E-state index in [1.807, 2.05) is 6.07 Å². The molecule has 1 heterocycles. The van der Waals surface area contributed by atoms with Gasteiger partial charge in [0.05, 0.1) is 29.4 Å². The molecule has 2 aromatic carbocycles. The first-order valence-corrected chi connectivity index (χ1v) is 8.96. The van der Waals surface area contributed by atoms with Gasteiger partial charge in [-0.3, -0.25) is 9.78 Å². The van der Waals surface area contributed by atoms with E-state index in [1.54, 1.807) is 43.3 Å². The van der Waals surface area contributed by atoms with Crippen LogP contribution in [0.15, 0.2) is 48.7 Å². The monoisotopic (exact) mass is 399 g/mol. The molecule has 1 unspecified atom stereocenters. The van der Waals surface area contributed by atoms with Crippen molar-refractivity contribution >= 4 is 40.2 Å². The van der Waals surface area contributed by atoms with Crippen molar-refractivity contribution in [1.29, 1.82) is 0 Å². The molecule has 144 valence electrons. The number of halogens is 1. The quantitative estimate of drug-likeness (QED) is 0.633. The van der Waals surface area contributed by atoms with Crippen molar-refractivity contribution in [1.82, 2.24) is 9.97 Å². The molecule has 1 atom stereocenters. The maximum Gasteiger partial charge on any atom is 0.359 e. The first-order chi connectivity index (χ1) is 13.5. The van der Waals surface area contributed by atoms with Gasteiger partial charge in [-0.15, -0.1) is 0 Å². The molecule has 0 aliphatic rings. The summed E-state index contributed by atoms with van der Waals surface area (Å²) < 4.78 is 10.4. The number of carbonyl (C=O) groups excluding carboxylic acids is 2. The van der Waals surface area contributed by atoms with E-state index in [1.165, 1.54) is 13.3 Å². The third-order valence-corrected chi connectivity index (χ3v) is 4.28. The number of amides is 1. The predicted molar refractivity (Wildman–Crippen MR) is 106 cm³/mol. The van der Waals surface area contributed by atoms with E-state index >= 15 is 0 Å². The van der Waals surface area contributed by atoms with Crippen LogP contribution in [0.1, 0.15) is 23.8 Å². The van der Waals surface area contributed by atoms with Crippen molar-refractivity contribution < 1.29 is 19.1 Å². The molecule has 0 saturated heterocycles. The molecule has 1 amide bonds. The molecule has 1 aromatic heterocycles. The topological polar surface area (TPSA) is 90.4 Å². The van der Waals surface area contributed by atoms with Gasteiger partial charge in [0.25, 0.3) is 5.91 Å². The van der Waals surface area contributed by atoms with Gasteiger partial charge in [0.1, 0.15) is 5.75 Å². The number of hydrogen-bond acceptors (Lipinski definition) is 6. The van der Waals surface area contributed by atoms with E-state index in [4.69, 9.17) is 21.1 Å². The smallest absolute Gasteiger partial charge is 0.359 e. The minimum atomic E-state index is -0.985. The van der Waals surface area contributed by atoms with Gasteiger partial charge in [-0.25, -0.2) is 9.78 Å². The van der Waals surface area contributed by atoms with Crippen molar-refractivity contribution in [2.24, 2.45) is 0 Å². The SMILES string of the molecule is CCC(OC(=O)c1cnc2ccccc2n1)C(=O)Nc1ccc(OC)c(Cl)c1. The summed E-state index contributed by atoms with van der Waals surface area (Å²) in [6, 6.07) is 12.0. The Morgan fingerprint density at radius 1 is 1.18 bits per heavy atom. The molecule has 0 aliphatic heterocycles. The van der Waals surface area contributed by atoms with Gasteiger partial charge in [-0.1, -0.05) is 30.7 Å². The van der Waals surface area contributed by atoms with E-state index in [2.05, 4.69) is 15.3 Å². The van der Waals surface area contributed by atoms with Crippen LogP contribution in [0.25, 0.3) is 11.0 Å². The highest BCUT2D eigenvalue weighted by Crippen LogP contribution is 2.27. The van der Waals surface area contributed by atoms with Gasteiger partial charge in [0, 0.05) is 5.69 Å². The molecule has 0 spiro atoms. The van der Waals surface area contributed by atoms with Crippen LogP contribution in [0.5, 0.6) is 5.75 Å². The number of para-hydroxylation sites is 2. The number of nitrogens with one attached hydrogen (secondary N) is 1. The fourth-order valence-corrected chi connectivity index (χ4v) is 2.79. The van der Waals surface area contributed by atoms with Crippen LogP contribution >= 0.6 is 11.6 Å². The number of carbonyl (C=O) groups is 2. The maximum absolute atomic E-state index is 12.5. The molecule has 1 N–H and O–H groups in total. The van der Waals surface area contributed by atoms with Gasteiger partial charge in [-0.05, 0) is 36.8 Å². The van der Waals surface area contributed by atoms with Crippen molar-refractivity contribution in [2.45, 2.75) is 19.4 Å². The molecule has 0 aliphatic carbocycles. The summed E-state index contributed by atoms with van der Waals surface area (Å²) in [5, 5.41) is 3.04. The van der Waals surface area contributed by atoms with Crippen molar-refractivity contribution in [3.05, 3.63) is 59.4 Å². The van der Waals surface area contributed by atoms with Crippen molar-refractivity contribution in [3.8, 4) is 5.75 Å². The zero-order valence-corrected chi connectivity index (χ0v) is 16.1.